The second-order valence-corrected chi connectivity index (χ2v) is 17.4. The molecule has 2 aromatic rings. The minimum absolute atomic E-state index is 0.378. The predicted molar refractivity (Wildman–Crippen MR) is 118 cm³/mol. The number of carbonyl (C=O) groups is 1. The van der Waals surface area contributed by atoms with Crippen LogP contribution in [0.3, 0.4) is 0 Å². The Balaban J connectivity index is 2.14. The number of ether oxygens (including phenoxy) is 1. The summed E-state index contributed by atoms with van der Waals surface area (Å²) in [6.45, 7) is 13.5. The van der Waals surface area contributed by atoms with Crippen LogP contribution in [0.1, 0.15) is 40.4 Å². The maximum atomic E-state index is 12.4. The molecule has 0 N–H and O–H groups in total. The molecule has 28 heavy (non-hydrogen) atoms. The highest BCUT2D eigenvalue weighted by Gasteiger charge is 2.37. The van der Waals surface area contributed by atoms with Crippen molar-refractivity contribution in [1.82, 2.24) is 0 Å². The number of nitriles is 1. The van der Waals surface area contributed by atoms with E-state index in [-0.39, 0.29) is 0 Å². The van der Waals surface area contributed by atoms with Crippen LogP contribution < -0.4 is 4.74 Å². The number of nitrogens with zero attached hydrogens (tertiary/aromatic N) is 1. The van der Waals surface area contributed by atoms with E-state index < -0.39 is 22.6 Å². The van der Waals surface area contributed by atoms with Gasteiger partial charge in [0.25, 0.3) is 0 Å². The summed E-state index contributed by atoms with van der Waals surface area (Å²) in [7, 11) is -3.52. The highest BCUT2D eigenvalue weighted by molar-refractivity contribution is 6.84. The zero-order valence-electron chi connectivity index (χ0n) is 17.6. The molecular formula is C22H29NO3Si2. The van der Waals surface area contributed by atoms with Crippen molar-refractivity contribution < 1.29 is 13.6 Å². The van der Waals surface area contributed by atoms with Gasteiger partial charge >= 0.3 is 5.97 Å². The number of esters is 1. The Morgan fingerprint density at radius 3 is 2.04 bits per heavy atom. The lowest BCUT2D eigenvalue weighted by molar-refractivity contribution is 0.0734. The normalized spacial score (nSPS) is 12.9. The molecule has 0 aromatic heterocycles. The van der Waals surface area contributed by atoms with Crippen molar-refractivity contribution in [3.05, 3.63) is 65.2 Å². The zero-order valence-corrected chi connectivity index (χ0v) is 19.6. The molecule has 0 heterocycles. The van der Waals surface area contributed by atoms with E-state index in [1.165, 1.54) is 5.56 Å². The number of rotatable bonds is 7. The molecule has 0 saturated carbocycles. The lowest BCUT2D eigenvalue weighted by atomic mass is 10.1. The third-order valence-corrected chi connectivity index (χ3v) is 11.5. The minimum Gasteiger partial charge on any atom is -0.455 e. The molecule has 2 aromatic carbocycles. The van der Waals surface area contributed by atoms with E-state index in [9.17, 15) is 4.79 Å². The predicted octanol–water partition coefficient (Wildman–Crippen LogP) is 5.87. The van der Waals surface area contributed by atoms with Gasteiger partial charge in [0.2, 0.25) is 0 Å². The van der Waals surface area contributed by atoms with Crippen LogP contribution in [0.15, 0.2) is 48.5 Å². The lowest BCUT2D eigenvalue weighted by Gasteiger charge is -2.37. The van der Waals surface area contributed by atoms with Gasteiger partial charge in [-0.1, -0.05) is 19.1 Å². The number of hydrogen-bond donors (Lipinski definition) is 0. The van der Waals surface area contributed by atoms with Crippen LogP contribution in [0.4, 0.5) is 0 Å². The van der Waals surface area contributed by atoms with E-state index in [1.807, 2.05) is 30.3 Å². The fraction of sp³-hybridized carbons (Fsp3) is 0.364. The van der Waals surface area contributed by atoms with Gasteiger partial charge in [-0.15, -0.1) is 0 Å². The lowest BCUT2D eigenvalue weighted by Crippen LogP contribution is -2.47. The second kappa shape index (κ2) is 8.86. The van der Waals surface area contributed by atoms with Crippen LogP contribution in [0.5, 0.6) is 5.75 Å². The smallest absolute Gasteiger partial charge is 0.343 e. The Morgan fingerprint density at radius 2 is 1.57 bits per heavy atom. The average Bonchev–Trinajstić information content (AvgIpc) is 2.61. The van der Waals surface area contributed by atoms with Crippen LogP contribution in [0, 0.1) is 11.3 Å². The van der Waals surface area contributed by atoms with Crippen molar-refractivity contribution in [3.8, 4) is 11.8 Å². The Labute approximate surface area is 170 Å². The van der Waals surface area contributed by atoms with Crippen molar-refractivity contribution in [1.29, 1.82) is 5.26 Å². The van der Waals surface area contributed by atoms with E-state index in [4.69, 9.17) is 14.1 Å². The maximum Gasteiger partial charge on any atom is 0.343 e. The standard InChI is InChI=1S/C22H29NO3Si2/c1-7-21(28(5,6)26-27(2,3)4)18-10-12-19(13-11-18)22(24)25-20-14-8-17(16-23)9-15-20/h8-15,21H,7H2,1-6H3. The van der Waals surface area contributed by atoms with Crippen LogP contribution >= 0.6 is 0 Å². The maximum absolute atomic E-state index is 12.4. The Bertz CT molecular complexity index is 847. The van der Waals surface area contributed by atoms with Crippen molar-refractivity contribution >= 4 is 22.6 Å². The summed E-state index contributed by atoms with van der Waals surface area (Å²) in [5, 5.41) is 8.84. The number of carbonyl (C=O) groups excluding carboxylic acids is 1. The first kappa shape index (κ1) is 22.1. The summed E-state index contributed by atoms with van der Waals surface area (Å²) >= 11 is 0. The molecule has 0 aliphatic heterocycles. The van der Waals surface area contributed by atoms with Gasteiger partial charge in [0.1, 0.15) is 5.75 Å². The molecule has 0 aliphatic carbocycles. The van der Waals surface area contributed by atoms with Crippen molar-refractivity contribution in [2.24, 2.45) is 0 Å². The highest BCUT2D eigenvalue weighted by Crippen LogP contribution is 2.33. The van der Waals surface area contributed by atoms with Crippen LogP contribution in [0.2, 0.25) is 32.7 Å². The molecule has 1 atom stereocenters. The van der Waals surface area contributed by atoms with E-state index in [2.05, 4.69) is 39.7 Å². The molecule has 0 spiro atoms. The first-order chi connectivity index (χ1) is 13.1. The molecule has 0 radical (unpaired) electrons. The molecule has 0 aliphatic rings. The topological polar surface area (TPSA) is 59.3 Å². The van der Waals surface area contributed by atoms with E-state index in [0.717, 1.165) is 6.42 Å². The molecular weight excluding hydrogens is 382 g/mol. The molecule has 0 bridgehead atoms. The van der Waals surface area contributed by atoms with Crippen molar-refractivity contribution in [2.75, 3.05) is 0 Å². The number of hydrogen-bond acceptors (Lipinski definition) is 4. The summed E-state index contributed by atoms with van der Waals surface area (Å²) < 4.78 is 12.0. The van der Waals surface area contributed by atoms with Gasteiger partial charge in [0.15, 0.2) is 16.6 Å². The van der Waals surface area contributed by atoms with Crippen molar-refractivity contribution in [3.63, 3.8) is 0 Å². The summed E-state index contributed by atoms with van der Waals surface area (Å²) in [5.74, 6) is 0.0238. The molecule has 2 rings (SSSR count). The minimum atomic E-state index is -1.90. The van der Waals surface area contributed by atoms with Gasteiger partial charge in [0, 0.05) is 5.54 Å². The van der Waals surface area contributed by atoms with E-state index >= 15 is 0 Å². The summed E-state index contributed by atoms with van der Waals surface area (Å²) in [6, 6.07) is 16.2. The van der Waals surface area contributed by atoms with Crippen LogP contribution in [0.25, 0.3) is 0 Å². The second-order valence-electron chi connectivity index (χ2n) is 8.43. The summed E-state index contributed by atoms with van der Waals surface area (Å²) in [4.78, 5) is 12.4. The van der Waals surface area contributed by atoms with Gasteiger partial charge in [0.05, 0.1) is 17.2 Å². The molecule has 148 valence electrons. The zero-order chi connectivity index (χ0) is 20.9. The van der Waals surface area contributed by atoms with E-state index in [1.54, 1.807) is 24.3 Å². The quantitative estimate of drug-likeness (QED) is 0.325. The monoisotopic (exact) mass is 411 g/mol. The van der Waals surface area contributed by atoms with Crippen molar-refractivity contribution in [2.45, 2.75) is 51.6 Å². The third-order valence-electron chi connectivity index (χ3n) is 4.56. The van der Waals surface area contributed by atoms with E-state index in [0.29, 0.717) is 22.4 Å². The fourth-order valence-corrected chi connectivity index (χ4v) is 12.5. The number of benzene rings is 2. The Morgan fingerprint density at radius 1 is 1.00 bits per heavy atom. The van der Waals surface area contributed by atoms with Crippen LogP contribution in [-0.4, -0.2) is 22.6 Å². The summed E-state index contributed by atoms with van der Waals surface area (Å²) in [6.07, 6.45) is 1.01. The van der Waals surface area contributed by atoms with Gasteiger partial charge in [-0.2, -0.15) is 5.26 Å². The van der Waals surface area contributed by atoms with Gasteiger partial charge < -0.3 is 8.85 Å². The molecule has 0 fully saturated rings. The first-order valence-electron chi connectivity index (χ1n) is 9.58. The van der Waals surface area contributed by atoms with Gasteiger partial charge in [-0.25, -0.2) is 4.79 Å². The van der Waals surface area contributed by atoms with Crippen LogP contribution in [-0.2, 0) is 4.12 Å². The molecule has 0 amide bonds. The first-order valence-corrected chi connectivity index (χ1v) is 16.0. The van der Waals surface area contributed by atoms with Gasteiger partial charge in [-0.3, -0.25) is 0 Å². The third kappa shape index (κ3) is 5.89. The Hall–Kier alpha value is -2.21. The largest absolute Gasteiger partial charge is 0.455 e. The average molecular weight is 412 g/mol. The molecule has 6 heteroatoms. The Kier molecular flexibility index (Phi) is 6.99. The SMILES string of the molecule is CCC(c1ccc(C(=O)Oc2ccc(C#N)cc2)cc1)[Si](C)(C)O[Si](C)(C)C. The molecule has 1 unspecified atom stereocenters. The summed E-state index contributed by atoms with van der Waals surface area (Å²) in [5.41, 5.74) is 2.63. The highest BCUT2D eigenvalue weighted by atomic mass is 28.4. The van der Waals surface area contributed by atoms with Gasteiger partial charge in [-0.05, 0) is 81.1 Å². The fourth-order valence-electron chi connectivity index (χ4n) is 3.60. The molecule has 4 nitrogen and oxygen atoms in total. The molecule has 0 saturated heterocycles.